The molecule has 0 bridgehead atoms. The molecule has 4 heterocycles. The lowest BCUT2D eigenvalue weighted by Crippen LogP contribution is -2.35. The molecule has 6 rings (SSSR count). The van der Waals surface area contributed by atoms with Crippen LogP contribution in [-0.4, -0.2) is 67.8 Å². The molecule has 1 saturated heterocycles. The van der Waals surface area contributed by atoms with E-state index in [0.29, 0.717) is 34.6 Å². The second-order valence-corrected chi connectivity index (χ2v) is 14.1. The highest BCUT2D eigenvalue weighted by Crippen LogP contribution is 2.34. The zero-order valence-corrected chi connectivity index (χ0v) is 27.9. The number of nitrogens with zero attached hydrogens (tertiary/aromatic N) is 7. The number of nitrogens with two attached hydrogens (primary N) is 1. The molecule has 0 unspecified atom stereocenters. The highest BCUT2D eigenvalue weighted by atomic mass is 35.5. The topological polar surface area (TPSA) is 134 Å². The van der Waals surface area contributed by atoms with Crippen molar-refractivity contribution in [1.82, 2.24) is 33.6 Å². The number of fused-ring (bicyclic) bond motifs is 1. The number of imidazole rings is 1. The number of aryl methyl sites for hydroxylation is 4. The van der Waals surface area contributed by atoms with Crippen LogP contribution in [0.25, 0.3) is 22.3 Å². The molecule has 46 heavy (non-hydrogen) atoms. The van der Waals surface area contributed by atoms with Crippen molar-refractivity contribution in [2.24, 2.45) is 7.05 Å². The quantitative estimate of drug-likeness (QED) is 0.134. The number of halogens is 1. The summed E-state index contributed by atoms with van der Waals surface area (Å²) in [7, 11) is -2.13. The van der Waals surface area contributed by atoms with Crippen molar-refractivity contribution in [2.45, 2.75) is 63.3 Å². The van der Waals surface area contributed by atoms with Crippen LogP contribution in [0, 0.1) is 13.8 Å². The fourth-order valence-corrected chi connectivity index (χ4v) is 7.82. The number of rotatable bonds is 12. The summed E-state index contributed by atoms with van der Waals surface area (Å²) in [5.74, 6) is 1.36. The fourth-order valence-electron chi connectivity index (χ4n) is 6.18. The first-order valence-electron chi connectivity index (χ1n) is 15.6. The molecule has 0 aliphatic carbocycles. The molecule has 0 radical (unpaired) electrons. The Balaban J connectivity index is 1.13. The van der Waals surface area contributed by atoms with Gasteiger partial charge in [0.1, 0.15) is 23.3 Å². The second kappa shape index (κ2) is 13.4. The van der Waals surface area contributed by atoms with Crippen molar-refractivity contribution >= 4 is 38.6 Å². The first-order chi connectivity index (χ1) is 22.1. The Morgan fingerprint density at radius 3 is 2.61 bits per heavy atom. The molecule has 1 fully saturated rings. The maximum Gasteiger partial charge on any atom is 0.271 e. The van der Waals surface area contributed by atoms with Gasteiger partial charge in [0.15, 0.2) is 5.75 Å². The number of hydrogen-bond donors (Lipinski definition) is 1. The van der Waals surface area contributed by atoms with Gasteiger partial charge in [0, 0.05) is 30.8 Å². The van der Waals surface area contributed by atoms with E-state index in [4.69, 9.17) is 22.1 Å². The average molecular weight is 663 g/mol. The molecule has 1 aliphatic rings. The van der Waals surface area contributed by atoms with Crippen LogP contribution in [0.1, 0.15) is 49.2 Å². The first kappa shape index (κ1) is 32.0. The third kappa shape index (κ3) is 6.74. The van der Waals surface area contributed by atoms with E-state index < -0.39 is 10.0 Å². The van der Waals surface area contributed by atoms with E-state index in [9.17, 15) is 8.42 Å². The Morgan fingerprint density at radius 1 is 1.02 bits per heavy atom. The Labute approximate surface area is 274 Å². The van der Waals surface area contributed by atoms with Crippen LogP contribution in [0.3, 0.4) is 0 Å². The monoisotopic (exact) mass is 662 g/mol. The van der Waals surface area contributed by atoms with Gasteiger partial charge in [-0.3, -0.25) is 9.58 Å². The predicted octanol–water partition coefficient (Wildman–Crippen LogP) is 5.57. The molecule has 11 nitrogen and oxygen atoms in total. The SMILES string of the molecule is Cc1ccc(S(=O)(=O)n2c(N)nc3ccc(-c4c(OC[C@H]5CCCN5CCCCCc5nc(C)cc(Cl)n5)cnn4C)cc32)cc1. The van der Waals surface area contributed by atoms with Gasteiger partial charge < -0.3 is 10.5 Å². The van der Waals surface area contributed by atoms with Crippen molar-refractivity contribution in [3.05, 3.63) is 77.0 Å². The summed E-state index contributed by atoms with van der Waals surface area (Å²) >= 11 is 6.08. The van der Waals surface area contributed by atoms with Crippen molar-refractivity contribution in [3.63, 3.8) is 0 Å². The van der Waals surface area contributed by atoms with Crippen molar-refractivity contribution in [2.75, 3.05) is 25.4 Å². The van der Waals surface area contributed by atoms with Crippen LogP contribution < -0.4 is 10.5 Å². The second-order valence-electron chi connectivity index (χ2n) is 11.9. The summed E-state index contributed by atoms with van der Waals surface area (Å²) in [5, 5.41) is 4.97. The van der Waals surface area contributed by atoms with E-state index in [1.807, 2.05) is 27.0 Å². The molecule has 5 aromatic rings. The zero-order chi connectivity index (χ0) is 32.4. The van der Waals surface area contributed by atoms with Gasteiger partial charge in [0.25, 0.3) is 10.0 Å². The van der Waals surface area contributed by atoms with Crippen LogP contribution in [0.2, 0.25) is 5.15 Å². The van der Waals surface area contributed by atoms with Crippen molar-refractivity contribution in [1.29, 1.82) is 0 Å². The van der Waals surface area contributed by atoms with E-state index in [1.54, 1.807) is 53.3 Å². The number of unbranched alkanes of at least 4 members (excludes halogenated alkanes) is 2. The van der Waals surface area contributed by atoms with E-state index in [-0.39, 0.29) is 10.8 Å². The van der Waals surface area contributed by atoms with Crippen LogP contribution in [0.15, 0.2) is 59.6 Å². The van der Waals surface area contributed by atoms with Crippen LogP contribution in [0.4, 0.5) is 5.95 Å². The highest BCUT2D eigenvalue weighted by molar-refractivity contribution is 7.90. The zero-order valence-electron chi connectivity index (χ0n) is 26.4. The van der Waals surface area contributed by atoms with E-state index in [0.717, 1.165) is 83.9 Å². The Morgan fingerprint density at radius 2 is 1.83 bits per heavy atom. The Bertz CT molecular complexity index is 1940. The molecular weight excluding hydrogens is 624 g/mol. The standard InChI is InChI=1S/C33H39ClN8O3S/c1-22-10-13-26(14-11-22)46(43,44)42-28-19-24(12-15-27(28)38-33(42)35)32-29(20-36-40(32)3)45-21-25-8-7-17-41(25)16-6-4-5-9-31-37-23(2)18-30(34)39-31/h10-15,18-20,25H,4-9,16-17,21H2,1-3H3,(H2,35,38)/t25-/m1/s1. The van der Waals surface area contributed by atoms with E-state index in [1.165, 1.54) is 0 Å². The maximum absolute atomic E-state index is 13.6. The van der Waals surface area contributed by atoms with Gasteiger partial charge in [0.05, 0.1) is 22.1 Å². The summed E-state index contributed by atoms with van der Waals surface area (Å²) in [6.45, 7) is 6.46. The Kier molecular flexibility index (Phi) is 9.30. The molecule has 0 amide bonds. The number of anilines is 1. The van der Waals surface area contributed by atoms with Gasteiger partial charge >= 0.3 is 0 Å². The van der Waals surface area contributed by atoms with Gasteiger partial charge in [-0.1, -0.05) is 41.8 Å². The normalized spacial score (nSPS) is 15.6. The van der Waals surface area contributed by atoms with Crippen LogP contribution >= 0.6 is 11.6 Å². The third-order valence-corrected chi connectivity index (χ3v) is 10.4. The number of ether oxygens (including phenoxy) is 1. The fraction of sp³-hybridized carbons (Fsp3) is 0.394. The van der Waals surface area contributed by atoms with E-state index >= 15 is 0 Å². The number of hydrogen-bond acceptors (Lipinski definition) is 9. The maximum atomic E-state index is 13.6. The summed E-state index contributed by atoms with van der Waals surface area (Å²) in [5.41, 5.74) is 10.4. The predicted molar refractivity (Wildman–Crippen MR) is 180 cm³/mol. The number of likely N-dealkylation sites (tertiary alicyclic amines) is 1. The van der Waals surface area contributed by atoms with Gasteiger partial charge in [-0.15, -0.1) is 0 Å². The molecule has 3 aromatic heterocycles. The lowest BCUT2D eigenvalue weighted by molar-refractivity contribution is 0.171. The minimum Gasteiger partial charge on any atom is -0.488 e. The third-order valence-electron chi connectivity index (χ3n) is 8.52. The Hall–Kier alpha value is -4.00. The largest absolute Gasteiger partial charge is 0.488 e. The van der Waals surface area contributed by atoms with Crippen LogP contribution in [-0.2, 0) is 23.5 Å². The summed E-state index contributed by atoms with van der Waals surface area (Å²) in [6, 6.07) is 14.2. The van der Waals surface area contributed by atoms with E-state index in [2.05, 4.69) is 25.0 Å². The average Bonchev–Trinajstić information content (AvgIpc) is 3.71. The molecular formula is C33H39ClN8O3S. The highest BCUT2D eigenvalue weighted by Gasteiger charge is 2.27. The van der Waals surface area contributed by atoms with Gasteiger partial charge in [0.2, 0.25) is 5.95 Å². The molecule has 0 saturated carbocycles. The summed E-state index contributed by atoms with van der Waals surface area (Å²) in [6.07, 6.45) is 7.97. The molecule has 13 heteroatoms. The molecule has 1 atom stereocenters. The summed E-state index contributed by atoms with van der Waals surface area (Å²) < 4.78 is 36.5. The number of nitrogen functional groups attached to an aromatic ring is 1. The molecule has 2 aromatic carbocycles. The molecule has 0 spiro atoms. The van der Waals surface area contributed by atoms with Crippen molar-refractivity contribution < 1.29 is 13.2 Å². The lowest BCUT2D eigenvalue weighted by Gasteiger charge is -2.24. The van der Waals surface area contributed by atoms with Crippen molar-refractivity contribution in [3.8, 4) is 17.0 Å². The minimum atomic E-state index is -3.97. The van der Waals surface area contributed by atoms with Gasteiger partial charge in [-0.2, -0.15) is 5.10 Å². The minimum absolute atomic E-state index is 0.0941. The molecule has 2 N–H and O–H groups in total. The smallest absolute Gasteiger partial charge is 0.271 e. The summed E-state index contributed by atoms with van der Waals surface area (Å²) in [4.78, 5) is 15.8. The number of aromatic nitrogens is 6. The van der Waals surface area contributed by atoms with Crippen LogP contribution in [0.5, 0.6) is 5.75 Å². The number of benzene rings is 2. The molecule has 1 aliphatic heterocycles. The first-order valence-corrected chi connectivity index (χ1v) is 17.4. The molecule has 242 valence electrons. The van der Waals surface area contributed by atoms with Gasteiger partial charge in [-0.05, 0) is 83.0 Å². The van der Waals surface area contributed by atoms with Gasteiger partial charge in [-0.25, -0.2) is 27.3 Å². The lowest BCUT2D eigenvalue weighted by atomic mass is 10.1.